The van der Waals surface area contributed by atoms with E-state index in [1.165, 1.54) is 12.1 Å². The average Bonchev–Trinajstić information content (AvgIpc) is 2.65. The molecule has 1 aliphatic heterocycles. The van der Waals surface area contributed by atoms with Gasteiger partial charge in [0.2, 0.25) is 0 Å². The van der Waals surface area contributed by atoms with Gasteiger partial charge in [-0.15, -0.1) is 0 Å². The van der Waals surface area contributed by atoms with Crippen molar-refractivity contribution in [3.05, 3.63) is 82.0 Å². The van der Waals surface area contributed by atoms with Crippen LogP contribution in [0.5, 0.6) is 5.75 Å². The first-order valence-corrected chi connectivity index (χ1v) is 8.25. The summed E-state index contributed by atoms with van der Waals surface area (Å²) >= 11 is 0. The lowest BCUT2D eigenvalue weighted by atomic mass is 10.1. The van der Waals surface area contributed by atoms with Crippen molar-refractivity contribution in [2.45, 2.75) is 13.2 Å². The second-order valence-corrected chi connectivity index (χ2v) is 6.01. The SMILES string of the molecule is COCc1cccc(COc2ccc3nc4ccc(=O)cc-4oc3c2)c1. The van der Waals surface area contributed by atoms with Gasteiger partial charge in [0.1, 0.15) is 23.6 Å². The number of benzene rings is 3. The third kappa shape index (κ3) is 3.43. The van der Waals surface area contributed by atoms with Crippen molar-refractivity contribution in [3.8, 4) is 17.2 Å². The molecule has 1 heterocycles. The summed E-state index contributed by atoms with van der Waals surface area (Å²) in [4.78, 5) is 16.0. The molecular formula is C21H17NO4. The van der Waals surface area contributed by atoms with E-state index in [1.807, 2.05) is 30.3 Å². The van der Waals surface area contributed by atoms with Crippen LogP contribution < -0.4 is 10.2 Å². The van der Waals surface area contributed by atoms with Gasteiger partial charge in [-0.1, -0.05) is 24.3 Å². The van der Waals surface area contributed by atoms with E-state index in [4.69, 9.17) is 13.9 Å². The van der Waals surface area contributed by atoms with Crippen molar-refractivity contribution in [3.63, 3.8) is 0 Å². The van der Waals surface area contributed by atoms with Gasteiger partial charge in [0, 0.05) is 19.2 Å². The number of fused-ring (bicyclic) bond motifs is 2. The minimum absolute atomic E-state index is 0.106. The van der Waals surface area contributed by atoms with E-state index in [0.29, 0.717) is 41.5 Å². The van der Waals surface area contributed by atoms with Crippen LogP contribution in [0.15, 0.2) is 69.9 Å². The van der Waals surface area contributed by atoms with Crippen molar-refractivity contribution in [1.29, 1.82) is 0 Å². The van der Waals surface area contributed by atoms with Crippen molar-refractivity contribution < 1.29 is 13.9 Å². The molecule has 0 spiro atoms. The minimum atomic E-state index is -0.106. The van der Waals surface area contributed by atoms with Gasteiger partial charge in [-0.2, -0.15) is 0 Å². The first-order valence-electron chi connectivity index (χ1n) is 8.25. The summed E-state index contributed by atoms with van der Waals surface area (Å²) in [6.45, 7) is 1.01. The van der Waals surface area contributed by atoms with Gasteiger partial charge in [-0.05, 0) is 35.4 Å². The molecule has 4 rings (SSSR count). The van der Waals surface area contributed by atoms with Crippen molar-refractivity contribution in [1.82, 2.24) is 4.98 Å². The fourth-order valence-electron chi connectivity index (χ4n) is 2.82. The third-order valence-corrected chi connectivity index (χ3v) is 4.03. The molecule has 130 valence electrons. The molecule has 0 saturated heterocycles. The Bertz CT molecular complexity index is 1090. The molecule has 0 fully saturated rings. The number of ether oxygens (including phenoxy) is 2. The Morgan fingerprint density at radius 3 is 2.65 bits per heavy atom. The number of nitrogens with zero attached hydrogens (tertiary/aromatic N) is 1. The van der Waals surface area contributed by atoms with E-state index >= 15 is 0 Å². The predicted octanol–water partition coefficient (Wildman–Crippen LogP) is 4.02. The van der Waals surface area contributed by atoms with Crippen LogP contribution in [0, 0.1) is 0 Å². The Labute approximate surface area is 150 Å². The largest absolute Gasteiger partial charge is 0.489 e. The normalized spacial score (nSPS) is 11.1. The summed E-state index contributed by atoms with van der Waals surface area (Å²) < 4.78 is 16.8. The molecule has 1 aliphatic carbocycles. The highest BCUT2D eigenvalue weighted by atomic mass is 16.5. The highest BCUT2D eigenvalue weighted by molar-refractivity contribution is 5.77. The molecule has 0 radical (unpaired) electrons. The molecule has 0 atom stereocenters. The van der Waals surface area contributed by atoms with E-state index in [0.717, 1.165) is 11.1 Å². The molecular weight excluding hydrogens is 330 g/mol. The molecule has 0 saturated carbocycles. The van der Waals surface area contributed by atoms with Crippen LogP contribution >= 0.6 is 0 Å². The topological polar surface area (TPSA) is 61.6 Å². The van der Waals surface area contributed by atoms with Gasteiger partial charge in [-0.3, -0.25) is 4.79 Å². The lowest BCUT2D eigenvalue weighted by Gasteiger charge is -2.10. The van der Waals surface area contributed by atoms with Gasteiger partial charge < -0.3 is 13.9 Å². The van der Waals surface area contributed by atoms with Crippen LogP contribution in [0.1, 0.15) is 11.1 Å². The summed E-state index contributed by atoms with van der Waals surface area (Å²) in [5, 5.41) is 0. The van der Waals surface area contributed by atoms with Gasteiger partial charge in [0.05, 0.1) is 6.61 Å². The zero-order valence-corrected chi connectivity index (χ0v) is 14.3. The highest BCUT2D eigenvalue weighted by Gasteiger charge is 2.10. The fraction of sp³-hybridized carbons (Fsp3) is 0.143. The fourth-order valence-corrected chi connectivity index (χ4v) is 2.82. The predicted molar refractivity (Wildman–Crippen MR) is 98.4 cm³/mol. The summed E-state index contributed by atoms with van der Waals surface area (Å²) in [7, 11) is 1.68. The Hall–Kier alpha value is -3.18. The number of hydrogen-bond acceptors (Lipinski definition) is 5. The van der Waals surface area contributed by atoms with Gasteiger partial charge >= 0.3 is 0 Å². The molecule has 0 aromatic heterocycles. The van der Waals surface area contributed by atoms with E-state index < -0.39 is 0 Å². The smallest absolute Gasteiger partial charge is 0.182 e. The van der Waals surface area contributed by atoms with E-state index in [1.54, 1.807) is 19.2 Å². The Kier molecular flexibility index (Phi) is 4.37. The maximum atomic E-state index is 11.5. The zero-order valence-electron chi connectivity index (χ0n) is 14.3. The summed E-state index contributed by atoms with van der Waals surface area (Å²) in [5.41, 5.74) is 4.00. The van der Waals surface area contributed by atoms with Crippen molar-refractivity contribution in [2.75, 3.05) is 7.11 Å². The molecule has 0 unspecified atom stereocenters. The van der Waals surface area contributed by atoms with Gasteiger partial charge in [-0.25, -0.2) is 4.98 Å². The Morgan fingerprint density at radius 1 is 0.962 bits per heavy atom. The quantitative estimate of drug-likeness (QED) is 0.510. The van der Waals surface area contributed by atoms with Crippen LogP contribution in [-0.4, -0.2) is 12.1 Å². The van der Waals surface area contributed by atoms with Crippen LogP contribution in [0.3, 0.4) is 0 Å². The second kappa shape index (κ2) is 6.98. The van der Waals surface area contributed by atoms with E-state index in [9.17, 15) is 4.79 Å². The zero-order chi connectivity index (χ0) is 17.9. The van der Waals surface area contributed by atoms with Gasteiger partial charge in [0.25, 0.3) is 0 Å². The number of rotatable bonds is 5. The summed E-state index contributed by atoms with van der Waals surface area (Å²) in [6.07, 6.45) is 0. The summed E-state index contributed by atoms with van der Waals surface area (Å²) in [5.74, 6) is 1.15. The van der Waals surface area contributed by atoms with Crippen LogP contribution in [0.4, 0.5) is 0 Å². The lowest BCUT2D eigenvalue weighted by molar-refractivity contribution is 0.184. The summed E-state index contributed by atoms with van der Waals surface area (Å²) in [6, 6.07) is 18.1. The first-order chi connectivity index (χ1) is 12.7. The third-order valence-electron chi connectivity index (χ3n) is 4.03. The molecule has 2 aromatic rings. The molecule has 2 aromatic carbocycles. The first kappa shape index (κ1) is 16.3. The monoisotopic (exact) mass is 347 g/mol. The van der Waals surface area contributed by atoms with Crippen LogP contribution in [0.25, 0.3) is 22.6 Å². The molecule has 0 N–H and O–H groups in total. The molecule has 0 amide bonds. The average molecular weight is 347 g/mol. The highest BCUT2D eigenvalue weighted by Crippen LogP contribution is 2.26. The maximum Gasteiger partial charge on any atom is 0.182 e. The standard InChI is InChI=1S/C21H17NO4/c1-24-12-14-3-2-4-15(9-14)13-25-17-6-8-19-21(11-17)26-20-10-16(23)5-7-18(20)22-19/h2-11H,12-13H2,1H3. The van der Waals surface area contributed by atoms with E-state index in [2.05, 4.69) is 11.1 Å². The minimum Gasteiger partial charge on any atom is -0.489 e. The molecule has 2 aliphatic rings. The number of aromatic nitrogens is 1. The lowest BCUT2D eigenvalue weighted by Crippen LogP contribution is -2.00. The molecule has 26 heavy (non-hydrogen) atoms. The maximum absolute atomic E-state index is 11.5. The van der Waals surface area contributed by atoms with Gasteiger partial charge in [0.15, 0.2) is 16.8 Å². The van der Waals surface area contributed by atoms with Crippen molar-refractivity contribution in [2.24, 2.45) is 0 Å². The second-order valence-electron chi connectivity index (χ2n) is 6.01. The van der Waals surface area contributed by atoms with Crippen LogP contribution in [0.2, 0.25) is 0 Å². The van der Waals surface area contributed by atoms with Crippen LogP contribution in [-0.2, 0) is 18.0 Å². The molecule has 5 heteroatoms. The Balaban J connectivity index is 1.59. The number of hydrogen-bond donors (Lipinski definition) is 0. The van der Waals surface area contributed by atoms with Crippen molar-refractivity contribution >= 4 is 11.1 Å². The Morgan fingerprint density at radius 2 is 1.81 bits per heavy atom. The van der Waals surface area contributed by atoms with E-state index in [-0.39, 0.29) is 5.43 Å². The number of methoxy groups -OCH3 is 1. The molecule has 5 nitrogen and oxygen atoms in total. The molecule has 0 bridgehead atoms.